The van der Waals surface area contributed by atoms with Crippen molar-refractivity contribution in [1.29, 1.82) is 0 Å². The highest BCUT2D eigenvalue weighted by Gasteiger charge is 2.18. The molecule has 106 valence electrons. The summed E-state index contributed by atoms with van der Waals surface area (Å²) < 4.78 is 2.43. The predicted octanol–water partition coefficient (Wildman–Crippen LogP) is 3.42. The quantitative estimate of drug-likeness (QED) is 0.832. The number of halogens is 2. The van der Waals surface area contributed by atoms with Crippen molar-refractivity contribution < 1.29 is 9.90 Å². The van der Waals surface area contributed by atoms with E-state index in [1.54, 1.807) is 22.8 Å². The van der Waals surface area contributed by atoms with E-state index in [4.69, 9.17) is 11.6 Å². The Morgan fingerprint density at radius 3 is 2.70 bits per heavy atom. The predicted molar refractivity (Wildman–Crippen MR) is 79.6 cm³/mol. The van der Waals surface area contributed by atoms with Crippen molar-refractivity contribution >= 4 is 33.5 Å². The van der Waals surface area contributed by atoms with Gasteiger partial charge in [-0.2, -0.15) is 0 Å². The molecular formula is C13H13BrClN3O2. The van der Waals surface area contributed by atoms with Crippen LogP contribution in [0.25, 0.3) is 5.69 Å². The van der Waals surface area contributed by atoms with Crippen molar-refractivity contribution in [2.75, 3.05) is 0 Å². The molecule has 0 saturated heterocycles. The number of rotatable bonds is 5. The van der Waals surface area contributed by atoms with Crippen LogP contribution in [0.2, 0.25) is 0 Å². The molecule has 0 bridgehead atoms. The topological polar surface area (TPSA) is 68.0 Å². The number of aromatic nitrogens is 3. The van der Waals surface area contributed by atoms with Crippen molar-refractivity contribution in [2.45, 2.75) is 25.6 Å². The number of carbonyl (C=O) groups is 1. The molecule has 1 aromatic carbocycles. The van der Waals surface area contributed by atoms with Crippen LogP contribution in [0.4, 0.5) is 0 Å². The normalized spacial score (nSPS) is 10.8. The molecule has 0 spiro atoms. The van der Waals surface area contributed by atoms with Crippen LogP contribution >= 0.6 is 27.5 Å². The van der Waals surface area contributed by atoms with Crippen molar-refractivity contribution in [2.24, 2.45) is 0 Å². The molecule has 0 aliphatic carbocycles. The van der Waals surface area contributed by atoms with Crippen LogP contribution in [0, 0.1) is 0 Å². The number of aromatic carboxylic acids is 1. The summed E-state index contributed by atoms with van der Waals surface area (Å²) >= 11 is 9.16. The van der Waals surface area contributed by atoms with Gasteiger partial charge < -0.3 is 5.11 Å². The zero-order valence-electron chi connectivity index (χ0n) is 10.8. The molecule has 2 rings (SSSR count). The van der Waals surface area contributed by atoms with Crippen LogP contribution in [0.1, 0.15) is 35.4 Å². The van der Waals surface area contributed by atoms with Crippen molar-refractivity contribution in [3.05, 3.63) is 39.9 Å². The fourth-order valence-corrected chi connectivity index (χ4v) is 2.51. The first-order valence-electron chi connectivity index (χ1n) is 6.10. The third-order valence-electron chi connectivity index (χ3n) is 2.82. The molecule has 0 atom stereocenters. The Hall–Kier alpha value is -1.40. The van der Waals surface area contributed by atoms with Gasteiger partial charge in [0.15, 0.2) is 5.82 Å². The lowest BCUT2D eigenvalue weighted by atomic mass is 10.1. The minimum atomic E-state index is -1.00. The lowest BCUT2D eigenvalue weighted by Crippen LogP contribution is -2.10. The molecule has 0 aliphatic rings. The molecule has 1 heterocycles. The smallest absolute Gasteiger partial charge is 0.337 e. The van der Waals surface area contributed by atoms with Crippen molar-refractivity contribution in [3.63, 3.8) is 0 Å². The first kappa shape index (κ1) is 15.0. The maximum absolute atomic E-state index is 11.4. The molecule has 0 aliphatic heterocycles. The van der Waals surface area contributed by atoms with Crippen LogP contribution in [0.15, 0.2) is 22.7 Å². The average molecular weight is 359 g/mol. The molecule has 20 heavy (non-hydrogen) atoms. The van der Waals surface area contributed by atoms with Gasteiger partial charge in [0, 0.05) is 10.9 Å². The first-order valence-corrected chi connectivity index (χ1v) is 7.43. The van der Waals surface area contributed by atoms with Gasteiger partial charge in [0.25, 0.3) is 0 Å². The Morgan fingerprint density at radius 2 is 2.10 bits per heavy atom. The highest BCUT2D eigenvalue weighted by Crippen LogP contribution is 2.23. The molecule has 1 aromatic heterocycles. The zero-order valence-corrected chi connectivity index (χ0v) is 13.1. The van der Waals surface area contributed by atoms with E-state index in [0.29, 0.717) is 28.2 Å². The molecule has 0 fully saturated rings. The van der Waals surface area contributed by atoms with Crippen LogP contribution < -0.4 is 0 Å². The van der Waals surface area contributed by atoms with Crippen LogP contribution in [0.3, 0.4) is 0 Å². The fraction of sp³-hybridized carbons (Fsp3) is 0.308. The van der Waals surface area contributed by atoms with Gasteiger partial charge in [-0.1, -0.05) is 22.9 Å². The summed E-state index contributed by atoms with van der Waals surface area (Å²) in [5, 5.41) is 17.5. The third kappa shape index (κ3) is 2.86. The number of carboxylic acids is 1. The van der Waals surface area contributed by atoms with Crippen molar-refractivity contribution in [1.82, 2.24) is 14.8 Å². The third-order valence-corrected chi connectivity index (χ3v) is 3.55. The molecule has 0 amide bonds. The Kier molecular flexibility index (Phi) is 4.77. The molecule has 1 N–H and O–H groups in total. The number of nitrogens with zero attached hydrogens (tertiary/aromatic N) is 3. The second-order valence-electron chi connectivity index (χ2n) is 4.22. The Balaban J connectivity index is 2.67. The number of carboxylic acid groups (broad SMARTS) is 1. The van der Waals surface area contributed by atoms with E-state index < -0.39 is 5.97 Å². The monoisotopic (exact) mass is 357 g/mol. The van der Waals surface area contributed by atoms with Gasteiger partial charge in [0.2, 0.25) is 0 Å². The van der Waals surface area contributed by atoms with E-state index in [0.717, 1.165) is 6.42 Å². The van der Waals surface area contributed by atoms with Gasteiger partial charge in [-0.3, -0.25) is 4.57 Å². The molecule has 2 aromatic rings. The Labute approximate surface area is 129 Å². The zero-order chi connectivity index (χ0) is 14.7. The highest BCUT2D eigenvalue weighted by atomic mass is 79.9. The summed E-state index contributed by atoms with van der Waals surface area (Å²) in [4.78, 5) is 11.4. The molecule has 5 nitrogen and oxygen atoms in total. The SMILES string of the molecule is CCCc1nnc(CCl)n1-c1ccc(Br)cc1C(=O)O. The molecule has 7 heteroatoms. The summed E-state index contributed by atoms with van der Waals surface area (Å²) in [6, 6.07) is 5.08. The van der Waals surface area contributed by atoms with E-state index in [2.05, 4.69) is 26.1 Å². The lowest BCUT2D eigenvalue weighted by molar-refractivity contribution is 0.0697. The lowest BCUT2D eigenvalue weighted by Gasteiger charge is -2.12. The van der Waals surface area contributed by atoms with Crippen LogP contribution in [-0.4, -0.2) is 25.8 Å². The Bertz CT molecular complexity index is 643. The van der Waals surface area contributed by atoms with Crippen LogP contribution in [-0.2, 0) is 12.3 Å². The second kappa shape index (κ2) is 6.37. The number of alkyl halides is 1. The van der Waals surface area contributed by atoms with Gasteiger partial charge in [-0.25, -0.2) is 4.79 Å². The van der Waals surface area contributed by atoms with Gasteiger partial charge in [-0.05, 0) is 24.6 Å². The van der Waals surface area contributed by atoms with E-state index in [1.807, 2.05) is 6.92 Å². The van der Waals surface area contributed by atoms with Crippen molar-refractivity contribution in [3.8, 4) is 5.69 Å². The maximum atomic E-state index is 11.4. The van der Waals surface area contributed by atoms with Gasteiger partial charge in [-0.15, -0.1) is 21.8 Å². The minimum Gasteiger partial charge on any atom is -0.478 e. The van der Waals surface area contributed by atoms with Gasteiger partial charge in [0.05, 0.1) is 17.1 Å². The minimum absolute atomic E-state index is 0.172. The van der Waals surface area contributed by atoms with E-state index in [1.165, 1.54) is 0 Å². The summed E-state index contributed by atoms with van der Waals surface area (Å²) in [5.74, 6) is 0.428. The first-order chi connectivity index (χ1) is 9.58. The van der Waals surface area contributed by atoms with E-state index in [9.17, 15) is 9.90 Å². The molecule has 0 saturated carbocycles. The molecular weight excluding hydrogens is 346 g/mol. The maximum Gasteiger partial charge on any atom is 0.337 e. The standard InChI is InChI=1S/C13H13BrClN3O2/c1-2-3-11-16-17-12(7-15)18(11)10-5-4-8(14)6-9(10)13(19)20/h4-6H,2-3,7H2,1H3,(H,19,20). The summed E-state index contributed by atoms with van der Waals surface area (Å²) in [6.45, 7) is 2.03. The number of hydrogen-bond acceptors (Lipinski definition) is 3. The van der Waals surface area contributed by atoms with Crippen LogP contribution in [0.5, 0.6) is 0 Å². The summed E-state index contributed by atoms with van der Waals surface area (Å²) in [7, 11) is 0. The molecule has 0 radical (unpaired) electrons. The second-order valence-corrected chi connectivity index (χ2v) is 5.40. The average Bonchev–Trinajstić information content (AvgIpc) is 2.82. The number of benzene rings is 1. The highest BCUT2D eigenvalue weighted by molar-refractivity contribution is 9.10. The molecule has 0 unspecified atom stereocenters. The summed E-state index contributed by atoms with van der Waals surface area (Å²) in [6.07, 6.45) is 1.60. The number of aryl methyl sites for hydroxylation is 1. The van der Waals surface area contributed by atoms with E-state index in [-0.39, 0.29) is 11.4 Å². The summed E-state index contributed by atoms with van der Waals surface area (Å²) in [5.41, 5.74) is 0.715. The van der Waals surface area contributed by atoms with Gasteiger partial charge in [0.1, 0.15) is 5.82 Å². The largest absolute Gasteiger partial charge is 0.478 e. The van der Waals surface area contributed by atoms with E-state index >= 15 is 0 Å². The number of hydrogen-bond donors (Lipinski definition) is 1. The fourth-order valence-electron chi connectivity index (χ4n) is 1.98. The van der Waals surface area contributed by atoms with Gasteiger partial charge >= 0.3 is 5.97 Å². The Morgan fingerprint density at radius 1 is 1.40 bits per heavy atom.